The second-order valence-electron chi connectivity index (χ2n) is 6.24. The lowest BCUT2D eigenvalue weighted by Crippen LogP contribution is -2.25. The number of benzene rings is 2. The molecule has 6 nitrogen and oxygen atoms in total. The van der Waals surface area contributed by atoms with Gasteiger partial charge < -0.3 is 9.47 Å². The molecule has 0 bridgehead atoms. The summed E-state index contributed by atoms with van der Waals surface area (Å²) in [7, 11) is 0. The first kappa shape index (κ1) is 20.3. The maximum atomic E-state index is 12.0. The van der Waals surface area contributed by atoms with Gasteiger partial charge in [-0.25, -0.2) is 10.2 Å². The third-order valence-electron chi connectivity index (χ3n) is 3.95. The van der Waals surface area contributed by atoms with E-state index in [-0.39, 0.29) is 12.5 Å². The van der Waals surface area contributed by atoms with Gasteiger partial charge in [0, 0.05) is 0 Å². The van der Waals surface area contributed by atoms with E-state index in [1.165, 1.54) is 17.6 Å². The summed E-state index contributed by atoms with van der Waals surface area (Å²) in [5, 5.41) is 5.74. The fourth-order valence-corrected chi connectivity index (χ4v) is 3.18. The van der Waals surface area contributed by atoms with Crippen LogP contribution in [0.3, 0.4) is 0 Å². The van der Waals surface area contributed by atoms with Gasteiger partial charge in [0.15, 0.2) is 6.61 Å². The highest BCUT2D eigenvalue weighted by Gasteiger charge is 2.09. The lowest BCUT2D eigenvalue weighted by Gasteiger charge is -2.10. The van der Waals surface area contributed by atoms with Crippen LogP contribution in [0, 0.1) is 13.8 Å². The number of hydrazone groups is 1. The molecule has 0 atom stereocenters. The Morgan fingerprint density at radius 1 is 1.07 bits per heavy atom. The Balaban J connectivity index is 1.52. The van der Waals surface area contributed by atoms with Gasteiger partial charge in [-0.1, -0.05) is 36.4 Å². The second-order valence-corrected chi connectivity index (χ2v) is 7.19. The van der Waals surface area contributed by atoms with Gasteiger partial charge in [0.25, 0.3) is 5.91 Å². The van der Waals surface area contributed by atoms with Gasteiger partial charge in [-0.15, -0.1) is 11.3 Å². The van der Waals surface area contributed by atoms with E-state index in [4.69, 9.17) is 9.47 Å². The molecule has 0 aliphatic heterocycles. The van der Waals surface area contributed by atoms with E-state index in [9.17, 15) is 9.59 Å². The smallest absolute Gasteiger partial charge is 0.353 e. The summed E-state index contributed by atoms with van der Waals surface area (Å²) in [6.45, 7) is 3.72. The van der Waals surface area contributed by atoms with Crippen molar-refractivity contribution >= 4 is 29.4 Å². The van der Waals surface area contributed by atoms with Crippen molar-refractivity contribution in [2.45, 2.75) is 13.8 Å². The fraction of sp³-hybridized carbons (Fsp3) is 0.136. The van der Waals surface area contributed by atoms with Crippen molar-refractivity contribution in [3.05, 3.63) is 81.5 Å². The average molecular weight is 408 g/mol. The molecule has 0 radical (unpaired) electrons. The molecular weight excluding hydrogens is 388 g/mol. The minimum Gasteiger partial charge on any atom is -0.483 e. The Hall–Kier alpha value is -3.45. The summed E-state index contributed by atoms with van der Waals surface area (Å²) >= 11 is 1.32. The molecule has 0 spiro atoms. The van der Waals surface area contributed by atoms with Crippen molar-refractivity contribution < 1.29 is 19.1 Å². The zero-order valence-corrected chi connectivity index (χ0v) is 16.9. The van der Waals surface area contributed by atoms with Gasteiger partial charge in [0.2, 0.25) is 0 Å². The molecule has 3 aromatic rings. The van der Waals surface area contributed by atoms with Gasteiger partial charge in [-0.2, -0.15) is 5.10 Å². The lowest BCUT2D eigenvalue weighted by molar-refractivity contribution is -0.123. The third-order valence-corrected chi connectivity index (χ3v) is 4.80. The highest BCUT2D eigenvalue weighted by atomic mass is 32.1. The number of carbonyl (C=O) groups excluding carboxylic acids is 2. The van der Waals surface area contributed by atoms with Crippen molar-refractivity contribution in [1.29, 1.82) is 0 Å². The summed E-state index contributed by atoms with van der Waals surface area (Å²) in [6, 6.07) is 16.1. The largest absolute Gasteiger partial charge is 0.483 e. The summed E-state index contributed by atoms with van der Waals surface area (Å²) in [5.41, 5.74) is 5.04. The minimum absolute atomic E-state index is 0.137. The van der Waals surface area contributed by atoms with Gasteiger partial charge in [-0.3, -0.25) is 4.79 Å². The summed E-state index contributed by atoms with van der Waals surface area (Å²) < 4.78 is 10.9. The Bertz CT molecular complexity index is 1010. The highest BCUT2D eigenvalue weighted by molar-refractivity contribution is 7.12. The number of esters is 1. The summed E-state index contributed by atoms with van der Waals surface area (Å²) in [6.07, 6.45) is 1.47. The summed E-state index contributed by atoms with van der Waals surface area (Å²) in [4.78, 5) is 24.5. The predicted octanol–water partition coefficient (Wildman–Crippen LogP) is 4.11. The van der Waals surface area contributed by atoms with Crippen LogP contribution in [0.4, 0.5) is 0 Å². The molecule has 3 rings (SSSR count). The van der Waals surface area contributed by atoms with Crippen LogP contribution < -0.4 is 14.9 Å². The Morgan fingerprint density at radius 2 is 1.83 bits per heavy atom. The second kappa shape index (κ2) is 9.66. The highest BCUT2D eigenvalue weighted by Crippen LogP contribution is 2.22. The first-order chi connectivity index (χ1) is 14.0. The molecule has 2 aromatic carbocycles. The zero-order valence-electron chi connectivity index (χ0n) is 16.0. The number of hydrogen-bond donors (Lipinski definition) is 1. The van der Waals surface area contributed by atoms with Crippen molar-refractivity contribution in [3.8, 4) is 11.5 Å². The van der Waals surface area contributed by atoms with E-state index < -0.39 is 5.97 Å². The predicted molar refractivity (Wildman–Crippen MR) is 113 cm³/mol. The molecule has 1 amide bonds. The summed E-state index contributed by atoms with van der Waals surface area (Å²) in [5.74, 6) is 0.319. The van der Waals surface area contributed by atoms with Crippen LogP contribution >= 0.6 is 11.3 Å². The molecule has 0 unspecified atom stereocenters. The van der Waals surface area contributed by atoms with Crippen LogP contribution in [0.25, 0.3) is 0 Å². The maximum absolute atomic E-state index is 12.0. The van der Waals surface area contributed by atoms with E-state index >= 15 is 0 Å². The number of thiophene rings is 1. The Morgan fingerprint density at radius 3 is 2.55 bits per heavy atom. The number of aryl methyl sites for hydroxylation is 2. The van der Waals surface area contributed by atoms with E-state index in [0.29, 0.717) is 21.9 Å². The SMILES string of the molecule is Cc1cccc(C)c1OCC(=O)NN=Cc1cccc(OC(=O)c2cccs2)c1. The molecule has 0 fully saturated rings. The molecule has 0 saturated heterocycles. The van der Waals surface area contributed by atoms with Crippen LogP contribution in [-0.4, -0.2) is 24.7 Å². The Kier molecular flexibility index (Phi) is 6.76. The van der Waals surface area contributed by atoms with Gasteiger partial charge in [0.05, 0.1) is 6.21 Å². The topological polar surface area (TPSA) is 77.0 Å². The molecule has 1 aromatic heterocycles. The molecule has 1 N–H and O–H groups in total. The maximum Gasteiger partial charge on any atom is 0.353 e. The minimum atomic E-state index is -0.411. The molecule has 1 heterocycles. The molecule has 0 aliphatic rings. The molecule has 0 aliphatic carbocycles. The van der Waals surface area contributed by atoms with Crippen molar-refractivity contribution in [2.75, 3.05) is 6.61 Å². The number of rotatable bonds is 7. The van der Waals surface area contributed by atoms with Crippen molar-refractivity contribution in [2.24, 2.45) is 5.10 Å². The van der Waals surface area contributed by atoms with Gasteiger partial charge >= 0.3 is 5.97 Å². The number of hydrogen-bond acceptors (Lipinski definition) is 6. The monoisotopic (exact) mass is 408 g/mol. The molecular formula is C22H20N2O4S. The van der Waals surface area contributed by atoms with Crippen LogP contribution in [0.2, 0.25) is 0 Å². The van der Waals surface area contributed by atoms with Gasteiger partial charge in [-0.05, 0) is 54.1 Å². The lowest BCUT2D eigenvalue weighted by atomic mass is 10.1. The van der Waals surface area contributed by atoms with E-state index in [0.717, 1.165) is 11.1 Å². The number of amides is 1. The number of para-hydroxylation sites is 1. The molecule has 29 heavy (non-hydrogen) atoms. The number of nitrogens with one attached hydrogen (secondary N) is 1. The number of ether oxygens (including phenoxy) is 2. The molecule has 148 valence electrons. The Labute approximate surface area is 172 Å². The van der Waals surface area contributed by atoms with Crippen LogP contribution in [0.1, 0.15) is 26.4 Å². The van der Waals surface area contributed by atoms with Gasteiger partial charge in [0.1, 0.15) is 16.4 Å². The zero-order chi connectivity index (χ0) is 20.6. The molecule has 7 heteroatoms. The van der Waals surface area contributed by atoms with Crippen molar-refractivity contribution in [1.82, 2.24) is 5.43 Å². The first-order valence-electron chi connectivity index (χ1n) is 8.89. The van der Waals surface area contributed by atoms with E-state index in [1.54, 1.807) is 36.4 Å². The number of nitrogens with zero attached hydrogens (tertiary/aromatic N) is 1. The van der Waals surface area contributed by atoms with E-state index in [1.807, 2.05) is 37.4 Å². The fourth-order valence-electron chi connectivity index (χ4n) is 2.59. The quantitative estimate of drug-likeness (QED) is 0.276. The first-order valence-corrected chi connectivity index (χ1v) is 9.77. The average Bonchev–Trinajstić information content (AvgIpc) is 3.23. The van der Waals surface area contributed by atoms with Crippen molar-refractivity contribution in [3.63, 3.8) is 0 Å². The third kappa shape index (κ3) is 5.76. The molecule has 0 saturated carbocycles. The van der Waals surface area contributed by atoms with Crippen LogP contribution in [-0.2, 0) is 4.79 Å². The van der Waals surface area contributed by atoms with Crippen LogP contribution in [0.15, 0.2) is 65.1 Å². The normalized spacial score (nSPS) is 10.7. The van der Waals surface area contributed by atoms with E-state index in [2.05, 4.69) is 10.5 Å². The standard InChI is InChI=1S/C22H20N2O4S/c1-15-6-3-7-16(2)21(15)27-14-20(25)24-23-13-17-8-4-9-18(12-17)28-22(26)19-10-5-11-29-19/h3-13H,14H2,1-2H3,(H,24,25). The number of carbonyl (C=O) groups is 2. The van der Waals surface area contributed by atoms with Crippen LogP contribution in [0.5, 0.6) is 11.5 Å².